The van der Waals surface area contributed by atoms with E-state index in [1.807, 2.05) is 78.9 Å². The summed E-state index contributed by atoms with van der Waals surface area (Å²) in [5.41, 5.74) is 17.0. The number of nitrogens with one attached hydrogen (secondary N) is 2. The van der Waals surface area contributed by atoms with Crippen molar-refractivity contribution in [2.75, 3.05) is 49.3 Å². The molecule has 0 saturated carbocycles. The van der Waals surface area contributed by atoms with Crippen molar-refractivity contribution in [2.24, 2.45) is 0 Å². The van der Waals surface area contributed by atoms with Crippen LogP contribution >= 0.6 is 0 Å². The maximum absolute atomic E-state index is 6.45. The van der Waals surface area contributed by atoms with Gasteiger partial charge >= 0.3 is 0 Å². The number of nitrogen functional groups attached to an aromatic ring is 1. The number of anilines is 6. The fraction of sp³-hybridized carbons (Fsp3) is 0.220. The van der Waals surface area contributed by atoms with Crippen molar-refractivity contribution in [2.45, 2.75) is 32.6 Å². The van der Waals surface area contributed by atoms with Gasteiger partial charge in [0.2, 0.25) is 5.95 Å². The highest BCUT2D eigenvalue weighted by Gasteiger charge is 2.21. The summed E-state index contributed by atoms with van der Waals surface area (Å²) in [6.45, 7) is 3.72. The molecule has 53 heavy (non-hydrogen) atoms. The highest BCUT2D eigenvalue weighted by atomic mass is 16.5. The number of hydrogen-bond acceptors (Lipinski definition) is 12. The molecule has 0 bridgehead atoms. The topological polar surface area (TPSA) is 130 Å². The Morgan fingerprint density at radius 2 is 1.51 bits per heavy atom. The predicted octanol–water partition coefficient (Wildman–Crippen LogP) is 6.97. The molecule has 4 N–H and O–H groups in total. The number of hydrogen-bond donors (Lipinski definition) is 3. The third-order valence-electron chi connectivity index (χ3n) is 9.00. The van der Waals surface area contributed by atoms with Crippen molar-refractivity contribution in [1.82, 2.24) is 29.7 Å². The molecule has 1 aliphatic rings. The first kappa shape index (κ1) is 35.2. The lowest BCUT2D eigenvalue weighted by atomic mass is 10.00. The maximum Gasteiger partial charge on any atom is 0.251 e. The number of methoxy groups -OCH3 is 2. The summed E-state index contributed by atoms with van der Waals surface area (Å²) in [5, 5.41) is 5.17. The van der Waals surface area contributed by atoms with Gasteiger partial charge in [-0.05, 0) is 66.6 Å². The van der Waals surface area contributed by atoms with Crippen LogP contribution in [-0.4, -0.2) is 57.5 Å². The molecule has 4 aromatic carbocycles. The van der Waals surface area contributed by atoms with Crippen LogP contribution in [-0.2, 0) is 32.6 Å². The molecule has 0 fully saturated rings. The normalized spacial score (nSPS) is 12.6. The van der Waals surface area contributed by atoms with Crippen LogP contribution in [0.2, 0.25) is 0 Å². The average molecular weight is 709 g/mol. The van der Waals surface area contributed by atoms with E-state index >= 15 is 0 Å². The molecule has 0 saturated heterocycles. The molecule has 7 rings (SSSR count). The second kappa shape index (κ2) is 16.4. The SMILES string of the molecule is COc1ccc(N(Nc2cc(CN3CCc4ccccc4C3)nc(Nc3ccccc3OC)n2)c2nc(N)cc(CN(C)Cc3ccccc3)n2)cc1. The molecule has 12 heteroatoms. The van der Waals surface area contributed by atoms with Crippen molar-refractivity contribution < 1.29 is 9.47 Å². The number of para-hydroxylation sites is 2. The fourth-order valence-electron chi connectivity index (χ4n) is 6.47. The number of hydrazine groups is 1. The van der Waals surface area contributed by atoms with Gasteiger partial charge in [0.1, 0.15) is 17.3 Å². The van der Waals surface area contributed by atoms with Crippen LogP contribution in [0, 0.1) is 0 Å². The molecule has 0 amide bonds. The second-order valence-electron chi connectivity index (χ2n) is 13.0. The lowest BCUT2D eigenvalue weighted by Crippen LogP contribution is -2.31. The smallest absolute Gasteiger partial charge is 0.251 e. The molecule has 0 aliphatic carbocycles. The Morgan fingerprint density at radius 3 is 2.30 bits per heavy atom. The van der Waals surface area contributed by atoms with Crippen LogP contribution in [0.15, 0.2) is 115 Å². The number of nitrogens with two attached hydrogens (primary N) is 1. The van der Waals surface area contributed by atoms with E-state index in [0.717, 1.165) is 54.6 Å². The standard InChI is InChI=1S/C41H44N10O2/c1-49(25-29-11-5-4-6-12-29)27-32-23-38(42)46-41(44-32)51(34-17-19-35(52-2)20-18-34)48-39-24-33(28-50-22-21-30-13-7-8-14-31(30)26-50)43-40(47-39)45-36-15-9-10-16-37(36)53-3/h4-20,23-24H,21-22,25-28H2,1-3H3,(H2,42,44,46)(H2,43,45,47,48). The van der Waals surface area contributed by atoms with Gasteiger partial charge in [-0.3, -0.25) is 15.2 Å². The van der Waals surface area contributed by atoms with E-state index in [2.05, 4.69) is 69.0 Å². The lowest BCUT2D eigenvalue weighted by Gasteiger charge is -2.29. The fourth-order valence-corrected chi connectivity index (χ4v) is 6.47. The summed E-state index contributed by atoms with van der Waals surface area (Å²) in [5.74, 6) is 3.08. The zero-order chi connectivity index (χ0) is 36.6. The summed E-state index contributed by atoms with van der Waals surface area (Å²) in [6.07, 6.45) is 0.986. The van der Waals surface area contributed by atoms with Gasteiger partial charge in [-0.2, -0.15) is 9.97 Å². The van der Waals surface area contributed by atoms with Crippen LogP contribution in [0.1, 0.15) is 28.1 Å². The molecule has 0 radical (unpaired) electrons. The molecule has 0 atom stereocenters. The molecule has 3 heterocycles. The molecule has 6 aromatic rings. The van der Waals surface area contributed by atoms with Crippen LogP contribution in [0.25, 0.3) is 0 Å². The number of aromatic nitrogens is 4. The molecule has 0 unspecified atom stereocenters. The molecule has 0 spiro atoms. The Morgan fingerprint density at radius 1 is 0.755 bits per heavy atom. The molecule has 270 valence electrons. The number of benzene rings is 4. The maximum atomic E-state index is 6.45. The summed E-state index contributed by atoms with van der Waals surface area (Å²) in [4.78, 5) is 24.2. The van der Waals surface area contributed by atoms with E-state index < -0.39 is 0 Å². The average Bonchev–Trinajstić information content (AvgIpc) is 3.17. The van der Waals surface area contributed by atoms with E-state index in [0.29, 0.717) is 42.4 Å². The van der Waals surface area contributed by atoms with Gasteiger partial charge in [-0.1, -0.05) is 66.7 Å². The molecule has 2 aromatic heterocycles. The third-order valence-corrected chi connectivity index (χ3v) is 9.00. The number of rotatable bonds is 14. The number of nitrogens with zero attached hydrogens (tertiary/aromatic N) is 7. The lowest BCUT2D eigenvalue weighted by molar-refractivity contribution is 0.243. The predicted molar refractivity (Wildman–Crippen MR) is 209 cm³/mol. The largest absolute Gasteiger partial charge is 0.497 e. The van der Waals surface area contributed by atoms with Gasteiger partial charge in [0.25, 0.3) is 5.95 Å². The Balaban J connectivity index is 1.23. The Hall–Kier alpha value is -6.24. The highest BCUT2D eigenvalue weighted by molar-refractivity contribution is 5.66. The van der Waals surface area contributed by atoms with Gasteiger partial charge in [-0.25, -0.2) is 15.0 Å². The molecule has 1 aliphatic heterocycles. The quantitative estimate of drug-likeness (QED) is 0.101. The Bertz CT molecular complexity index is 2130. The van der Waals surface area contributed by atoms with Crippen molar-refractivity contribution in [3.8, 4) is 11.5 Å². The van der Waals surface area contributed by atoms with Crippen LogP contribution < -0.4 is 31.0 Å². The van der Waals surface area contributed by atoms with E-state index in [-0.39, 0.29) is 0 Å². The number of fused-ring (bicyclic) bond motifs is 1. The van der Waals surface area contributed by atoms with Crippen LogP contribution in [0.3, 0.4) is 0 Å². The third kappa shape index (κ3) is 8.98. The minimum Gasteiger partial charge on any atom is -0.497 e. The minimum atomic E-state index is 0.353. The molecule has 12 nitrogen and oxygen atoms in total. The summed E-state index contributed by atoms with van der Waals surface area (Å²) >= 11 is 0. The van der Waals surface area contributed by atoms with Gasteiger partial charge in [0, 0.05) is 44.9 Å². The van der Waals surface area contributed by atoms with Crippen molar-refractivity contribution in [3.05, 3.63) is 143 Å². The summed E-state index contributed by atoms with van der Waals surface area (Å²) in [6, 6.07) is 38.1. The van der Waals surface area contributed by atoms with Gasteiger partial charge in [-0.15, -0.1) is 0 Å². The van der Waals surface area contributed by atoms with Crippen molar-refractivity contribution >= 4 is 34.9 Å². The first-order chi connectivity index (χ1) is 25.9. The van der Waals surface area contributed by atoms with E-state index in [9.17, 15) is 0 Å². The minimum absolute atomic E-state index is 0.353. The van der Waals surface area contributed by atoms with Crippen LogP contribution in [0.5, 0.6) is 11.5 Å². The van der Waals surface area contributed by atoms with Crippen LogP contribution in [0.4, 0.5) is 34.9 Å². The zero-order valence-electron chi connectivity index (χ0n) is 30.2. The highest BCUT2D eigenvalue weighted by Crippen LogP contribution is 2.30. The number of ether oxygens (including phenoxy) is 2. The molecular weight excluding hydrogens is 665 g/mol. The van der Waals surface area contributed by atoms with Crippen molar-refractivity contribution in [3.63, 3.8) is 0 Å². The Labute approximate surface area is 310 Å². The Kier molecular flexibility index (Phi) is 10.9. The summed E-state index contributed by atoms with van der Waals surface area (Å²) in [7, 11) is 5.35. The van der Waals surface area contributed by atoms with Gasteiger partial charge in [0.15, 0.2) is 5.82 Å². The van der Waals surface area contributed by atoms with Crippen molar-refractivity contribution in [1.29, 1.82) is 0 Å². The second-order valence-corrected chi connectivity index (χ2v) is 13.0. The van der Waals surface area contributed by atoms with Gasteiger partial charge in [0.05, 0.1) is 37.0 Å². The van der Waals surface area contributed by atoms with E-state index in [1.54, 1.807) is 19.2 Å². The zero-order valence-corrected chi connectivity index (χ0v) is 30.2. The first-order valence-electron chi connectivity index (χ1n) is 17.6. The molecular formula is C41H44N10O2. The first-order valence-corrected chi connectivity index (χ1v) is 17.6. The van der Waals surface area contributed by atoms with E-state index in [4.69, 9.17) is 30.2 Å². The van der Waals surface area contributed by atoms with Gasteiger partial charge < -0.3 is 20.5 Å². The van der Waals surface area contributed by atoms with E-state index in [1.165, 1.54) is 16.7 Å². The summed E-state index contributed by atoms with van der Waals surface area (Å²) < 4.78 is 11.1. The monoisotopic (exact) mass is 708 g/mol.